The fourth-order valence-electron chi connectivity index (χ4n) is 4.10. The molecular weight excluding hydrogens is 416 g/mol. The van der Waals surface area contributed by atoms with E-state index in [0.29, 0.717) is 24.8 Å². The molecule has 1 fully saturated rings. The molecule has 1 atom stereocenters. The van der Waals surface area contributed by atoms with Crippen molar-refractivity contribution >= 4 is 5.91 Å². The molecule has 0 radical (unpaired) electrons. The van der Waals surface area contributed by atoms with Gasteiger partial charge in [0.05, 0.1) is 12.4 Å². The molecule has 0 spiro atoms. The van der Waals surface area contributed by atoms with Gasteiger partial charge < -0.3 is 14.0 Å². The molecule has 1 aliphatic heterocycles. The first-order chi connectivity index (χ1) is 16.2. The fraction of sp³-hybridized carbons (Fsp3) is 0.280. The Morgan fingerprint density at radius 2 is 1.79 bits per heavy atom. The molecule has 0 N–H and O–H groups in total. The normalized spacial score (nSPS) is 15.5. The molecule has 2 aromatic carbocycles. The number of amides is 1. The summed E-state index contributed by atoms with van der Waals surface area (Å²) in [5, 5.41) is 4.13. The Morgan fingerprint density at radius 1 is 1.03 bits per heavy atom. The molecule has 2 aromatic heterocycles. The maximum Gasteiger partial charge on any atom is 0.253 e. The van der Waals surface area contributed by atoms with Gasteiger partial charge in [0.25, 0.3) is 5.91 Å². The van der Waals surface area contributed by atoms with Crippen molar-refractivity contribution in [3.8, 4) is 11.4 Å². The number of hydrogen-bond acceptors (Lipinski definition) is 6. The van der Waals surface area contributed by atoms with Crippen molar-refractivity contribution < 1.29 is 9.32 Å². The van der Waals surface area contributed by atoms with Crippen LogP contribution in [0.5, 0.6) is 0 Å². The lowest BCUT2D eigenvalue weighted by molar-refractivity contribution is 0.0551. The predicted molar refractivity (Wildman–Crippen MR) is 123 cm³/mol. The number of rotatable bonds is 6. The minimum atomic E-state index is -0.00493. The fourth-order valence-corrected chi connectivity index (χ4v) is 4.10. The smallest absolute Gasteiger partial charge is 0.253 e. The van der Waals surface area contributed by atoms with Gasteiger partial charge in [-0.2, -0.15) is 4.98 Å². The van der Waals surface area contributed by atoms with Crippen LogP contribution in [-0.2, 0) is 6.54 Å². The molecule has 8 heteroatoms. The first-order valence-electron chi connectivity index (χ1n) is 11.1. The summed E-state index contributed by atoms with van der Waals surface area (Å²) < 4.78 is 7.54. The van der Waals surface area contributed by atoms with Crippen LogP contribution in [-0.4, -0.2) is 61.6 Å². The number of aromatic nitrogens is 4. The minimum Gasteiger partial charge on any atom is -0.337 e. The topological polar surface area (TPSA) is 80.3 Å². The highest BCUT2D eigenvalue weighted by atomic mass is 16.5. The van der Waals surface area contributed by atoms with E-state index in [4.69, 9.17) is 4.52 Å². The maximum atomic E-state index is 13.0. The van der Waals surface area contributed by atoms with Crippen molar-refractivity contribution in [2.24, 2.45) is 0 Å². The van der Waals surface area contributed by atoms with Crippen molar-refractivity contribution in [3.05, 3.63) is 90.3 Å². The van der Waals surface area contributed by atoms with Crippen LogP contribution in [0.25, 0.3) is 11.4 Å². The van der Waals surface area contributed by atoms with Crippen LogP contribution in [0.15, 0.2) is 77.8 Å². The molecule has 1 saturated heterocycles. The van der Waals surface area contributed by atoms with Gasteiger partial charge >= 0.3 is 0 Å². The van der Waals surface area contributed by atoms with E-state index in [1.807, 2.05) is 70.3 Å². The molecule has 1 amide bonds. The van der Waals surface area contributed by atoms with Crippen LogP contribution in [0.1, 0.15) is 34.8 Å². The summed E-state index contributed by atoms with van der Waals surface area (Å²) in [5.41, 5.74) is 2.79. The Kier molecular flexibility index (Phi) is 5.99. The van der Waals surface area contributed by atoms with Crippen molar-refractivity contribution in [1.29, 1.82) is 0 Å². The van der Waals surface area contributed by atoms with Gasteiger partial charge in [-0.15, -0.1) is 0 Å². The molecule has 33 heavy (non-hydrogen) atoms. The zero-order valence-electron chi connectivity index (χ0n) is 18.5. The van der Waals surface area contributed by atoms with E-state index in [1.54, 1.807) is 12.5 Å². The number of carbonyl (C=O) groups excluding carboxylic acids is 1. The lowest BCUT2D eigenvalue weighted by Crippen LogP contribution is -2.49. The van der Waals surface area contributed by atoms with E-state index in [9.17, 15) is 4.79 Å². The molecule has 168 valence electrons. The second-order valence-corrected chi connectivity index (χ2v) is 8.26. The zero-order chi connectivity index (χ0) is 22.6. The molecule has 1 aliphatic rings. The van der Waals surface area contributed by atoms with Crippen molar-refractivity contribution in [2.45, 2.75) is 19.5 Å². The number of hydrogen-bond donors (Lipinski definition) is 0. The van der Waals surface area contributed by atoms with Gasteiger partial charge in [-0.1, -0.05) is 47.6 Å². The highest BCUT2D eigenvalue weighted by Crippen LogP contribution is 2.24. The van der Waals surface area contributed by atoms with Crippen LogP contribution in [0, 0.1) is 0 Å². The van der Waals surface area contributed by atoms with Gasteiger partial charge in [-0.3, -0.25) is 9.69 Å². The summed E-state index contributed by atoms with van der Waals surface area (Å²) in [6.07, 6.45) is 5.48. The van der Waals surface area contributed by atoms with E-state index in [1.165, 1.54) is 0 Å². The second kappa shape index (κ2) is 9.38. The van der Waals surface area contributed by atoms with E-state index >= 15 is 0 Å². The first-order valence-corrected chi connectivity index (χ1v) is 11.1. The molecule has 0 aliphatic carbocycles. The summed E-state index contributed by atoms with van der Waals surface area (Å²) in [5.74, 6) is 1.27. The minimum absolute atomic E-state index is 0.00493. The Morgan fingerprint density at radius 3 is 2.48 bits per heavy atom. The number of nitrogens with zero attached hydrogens (tertiary/aromatic N) is 6. The predicted octanol–water partition coefficient (Wildman–Crippen LogP) is 3.50. The highest BCUT2D eigenvalue weighted by Gasteiger charge is 2.28. The van der Waals surface area contributed by atoms with Crippen LogP contribution in [0.4, 0.5) is 0 Å². The number of piperazine rings is 1. The van der Waals surface area contributed by atoms with Crippen LogP contribution in [0.3, 0.4) is 0 Å². The van der Waals surface area contributed by atoms with Gasteiger partial charge in [-0.05, 0) is 24.6 Å². The molecule has 0 bridgehead atoms. The van der Waals surface area contributed by atoms with Crippen LogP contribution < -0.4 is 0 Å². The molecular formula is C25H26N6O2. The molecule has 4 aromatic rings. The third-order valence-corrected chi connectivity index (χ3v) is 6.11. The second-order valence-electron chi connectivity index (χ2n) is 8.26. The Labute approximate surface area is 192 Å². The first kappa shape index (κ1) is 21.1. The standard InChI is InChI=1S/C25H26N6O2/c1-19(24-27-23(28-33-24)21-5-3-2-4-6-21)30-13-15-31(16-14-30)25(32)22-9-7-20(8-10-22)17-29-12-11-26-18-29/h2-12,18-19H,13-17H2,1H3. The third-order valence-electron chi connectivity index (χ3n) is 6.11. The Bertz CT molecular complexity index is 1180. The monoisotopic (exact) mass is 442 g/mol. The Hall–Kier alpha value is -3.78. The molecule has 1 unspecified atom stereocenters. The maximum absolute atomic E-state index is 13.0. The zero-order valence-corrected chi connectivity index (χ0v) is 18.5. The molecule has 3 heterocycles. The van der Waals surface area contributed by atoms with Crippen LogP contribution in [0.2, 0.25) is 0 Å². The van der Waals surface area contributed by atoms with Gasteiger partial charge in [0.15, 0.2) is 0 Å². The van der Waals surface area contributed by atoms with Crippen molar-refractivity contribution in [3.63, 3.8) is 0 Å². The summed E-state index contributed by atoms with van der Waals surface area (Å²) >= 11 is 0. The van der Waals surface area contributed by atoms with Crippen molar-refractivity contribution in [2.75, 3.05) is 26.2 Å². The third kappa shape index (κ3) is 4.70. The number of carbonyl (C=O) groups is 1. The van der Waals surface area contributed by atoms with Gasteiger partial charge in [0.2, 0.25) is 11.7 Å². The summed E-state index contributed by atoms with van der Waals surface area (Å²) in [4.78, 5) is 25.8. The molecule has 5 rings (SSSR count). The summed E-state index contributed by atoms with van der Waals surface area (Å²) in [6.45, 7) is 5.66. The number of imidazole rings is 1. The number of benzene rings is 2. The summed E-state index contributed by atoms with van der Waals surface area (Å²) in [7, 11) is 0. The molecule has 0 saturated carbocycles. The van der Waals surface area contributed by atoms with E-state index in [0.717, 1.165) is 36.3 Å². The molecule has 8 nitrogen and oxygen atoms in total. The lowest BCUT2D eigenvalue weighted by atomic mass is 10.1. The van der Waals surface area contributed by atoms with E-state index < -0.39 is 0 Å². The van der Waals surface area contributed by atoms with E-state index in [-0.39, 0.29) is 11.9 Å². The lowest BCUT2D eigenvalue weighted by Gasteiger charge is -2.36. The Balaban J connectivity index is 1.17. The van der Waals surface area contributed by atoms with Crippen molar-refractivity contribution in [1.82, 2.24) is 29.5 Å². The van der Waals surface area contributed by atoms with Gasteiger partial charge in [0, 0.05) is 56.2 Å². The average Bonchev–Trinajstić information content (AvgIpc) is 3.57. The largest absolute Gasteiger partial charge is 0.337 e. The van der Waals surface area contributed by atoms with Gasteiger partial charge in [-0.25, -0.2) is 4.98 Å². The quantitative estimate of drug-likeness (QED) is 0.455. The van der Waals surface area contributed by atoms with Gasteiger partial charge in [0.1, 0.15) is 0 Å². The van der Waals surface area contributed by atoms with E-state index in [2.05, 4.69) is 26.9 Å². The summed E-state index contributed by atoms with van der Waals surface area (Å²) in [6, 6.07) is 17.6. The average molecular weight is 443 g/mol. The highest BCUT2D eigenvalue weighted by molar-refractivity contribution is 5.94. The SMILES string of the molecule is CC(c1nc(-c2ccccc2)no1)N1CCN(C(=O)c2ccc(Cn3ccnc3)cc2)CC1. The van der Waals surface area contributed by atoms with Crippen LogP contribution >= 0.6 is 0 Å².